The molecule has 4 aliphatic carbocycles. The lowest BCUT2D eigenvalue weighted by Gasteiger charge is -2.61. The van der Waals surface area contributed by atoms with Gasteiger partial charge < -0.3 is 19.5 Å². The van der Waals surface area contributed by atoms with Crippen molar-refractivity contribution >= 4 is 23.7 Å². The summed E-state index contributed by atoms with van der Waals surface area (Å²) < 4.78 is 5.51. The molecule has 0 radical (unpaired) electrons. The molecule has 0 aromatic carbocycles. The van der Waals surface area contributed by atoms with Gasteiger partial charge in [-0.05, 0) is 136 Å². The molecule has 5 aliphatic rings. The first-order chi connectivity index (χ1) is 18.2. The van der Waals surface area contributed by atoms with Gasteiger partial charge in [-0.15, -0.1) is 0 Å². The van der Waals surface area contributed by atoms with E-state index in [1.165, 1.54) is 102 Å². The number of carboxylic acids is 2. The van der Waals surface area contributed by atoms with Gasteiger partial charge in [0.1, 0.15) is 0 Å². The molecule has 5 fully saturated rings. The van der Waals surface area contributed by atoms with Crippen LogP contribution in [0.4, 0.5) is 0 Å². The minimum Gasteiger partial charge on any atom is -0.473 e. The van der Waals surface area contributed by atoms with Crippen LogP contribution in [0.25, 0.3) is 0 Å². The lowest BCUT2D eigenvalue weighted by molar-refractivity contribution is -0.159. The van der Waals surface area contributed by atoms with Crippen molar-refractivity contribution in [3.63, 3.8) is 0 Å². The van der Waals surface area contributed by atoms with E-state index >= 15 is 0 Å². The van der Waals surface area contributed by atoms with Gasteiger partial charge in [-0.1, -0.05) is 13.8 Å². The summed E-state index contributed by atoms with van der Waals surface area (Å²) in [7, 11) is 0. The molecule has 2 N–H and O–H groups in total. The number of furan rings is 1. The molecule has 212 valence electrons. The highest BCUT2D eigenvalue weighted by Crippen LogP contribution is 2.69. The van der Waals surface area contributed by atoms with Crippen LogP contribution in [-0.4, -0.2) is 57.7 Å². The number of fused-ring (bicyclic) bond motifs is 5. The first-order valence-corrected chi connectivity index (χ1v) is 16.1. The highest BCUT2D eigenvalue weighted by Gasteiger charge is 2.60. The largest absolute Gasteiger partial charge is 0.473 e. The standard InChI is InChI=1S/C29H45NOS.C2H2O4/c1-28-12-9-23(32-18-16-30-14-3-4-15-30)19-22(28)5-6-24-26-8-7-25(21-11-17-31-20-21)29(26,2)13-10-27(24)28;3-1(4)2(5)6/h11,17,20,22-27H,3-10,12-16,18-19H2,1-2H3;(H,3,4)(H,5,6)/t22?,23-,24-,25+,26-,27-,28-,29+;/m0./s1. The van der Waals surface area contributed by atoms with Crippen molar-refractivity contribution in [2.45, 2.75) is 95.6 Å². The minimum atomic E-state index is -1.82. The Morgan fingerprint density at radius 2 is 1.68 bits per heavy atom. The smallest absolute Gasteiger partial charge is 0.414 e. The summed E-state index contributed by atoms with van der Waals surface area (Å²) in [6, 6.07) is 2.26. The van der Waals surface area contributed by atoms with E-state index in [0.717, 1.165) is 34.8 Å². The van der Waals surface area contributed by atoms with Crippen LogP contribution in [0.15, 0.2) is 23.0 Å². The predicted octanol–water partition coefficient (Wildman–Crippen LogP) is 6.76. The average molecular weight is 546 g/mol. The fraction of sp³-hybridized carbons (Fsp3) is 0.806. The molecule has 1 aliphatic heterocycles. The van der Waals surface area contributed by atoms with Crippen LogP contribution in [0.5, 0.6) is 0 Å². The van der Waals surface area contributed by atoms with Gasteiger partial charge in [0.25, 0.3) is 0 Å². The maximum absolute atomic E-state index is 9.10. The van der Waals surface area contributed by atoms with Crippen molar-refractivity contribution in [1.29, 1.82) is 0 Å². The third kappa shape index (κ3) is 5.43. The number of aliphatic carboxylic acids is 2. The molecule has 6 rings (SSSR count). The van der Waals surface area contributed by atoms with Crippen molar-refractivity contribution in [3.05, 3.63) is 24.2 Å². The van der Waals surface area contributed by atoms with Gasteiger partial charge in [0.2, 0.25) is 0 Å². The normalized spacial score (nSPS) is 40.4. The second-order valence-corrected chi connectivity index (χ2v) is 14.7. The van der Waals surface area contributed by atoms with Gasteiger partial charge in [0.15, 0.2) is 0 Å². The zero-order valence-electron chi connectivity index (χ0n) is 23.3. The number of hydrogen-bond acceptors (Lipinski definition) is 5. The van der Waals surface area contributed by atoms with E-state index < -0.39 is 11.9 Å². The zero-order chi connectivity index (χ0) is 26.9. The Morgan fingerprint density at radius 1 is 0.974 bits per heavy atom. The van der Waals surface area contributed by atoms with E-state index in [0.29, 0.717) is 10.8 Å². The first kappa shape index (κ1) is 28.1. The summed E-state index contributed by atoms with van der Waals surface area (Å²) in [6.45, 7) is 9.45. The second kappa shape index (κ2) is 11.6. The summed E-state index contributed by atoms with van der Waals surface area (Å²) in [5, 5.41) is 15.7. The maximum atomic E-state index is 9.10. The van der Waals surface area contributed by atoms with E-state index in [1.807, 2.05) is 12.5 Å². The number of carboxylic acid groups (broad SMARTS) is 2. The van der Waals surface area contributed by atoms with Crippen molar-refractivity contribution in [2.75, 3.05) is 25.4 Å². The van der Waals surface area contributed by atoms with Crippen LogP contribution < -0.4 is 0 Å². The third-order valence-corrected chi connectivity index (χ3v) is 13.0. The van der Waals surface area contributed by atoms with Crippen molar-refractivity contribution in [3.8, 4) is 0 Å². The van der Waals surface area contributed by atoms with Gasteiger partial charge in [-0.3, -0.25) is 0 Å². The van der Waals surface area contributed by atoms with Crippen LogP contribution in [0.1, 0.15) is 96.0 Å². The number of nitrogens with zero attached hydrogens (tertiary/aromatic N) is 1. The van der Waals surface area contributed by atoms with Crippen LogP contribution in [0.3, 0.4) is 0 Å². The molecule has 4 saturated carbocycles. The van der Waals surface area contributed by atoms with Crippen molar-refractivity contribution in [1.82, 2.24) is 4.90 Å². The molecule has 0 spiro atoms. The number of carbonyl (C=O) groups is 2. The fourth-order valence-corrected chi connectivity index (χ4v) is 11.1. The summed E-state index contributed by atoms with van der Waals surface area (Å²) >= 11 is 2.33. The summed E-state index contributed by atoms with van der Waals surface area (Å²) in [4.78, 5) is 20.9. The molecular formula is C31H47NO5S. The Balaban J connectivity index is 0.000000443. The van der Waals surface area contributed by atoms with Crippen LogP contribution in [0.2, 0.25) is 0 Å². The Bertz CT molecular complexity index is 949. The zero-order valence-corrected chi connectivity index (χ0v) is 24.1. The molecule has 2 heterocycles. The van der Waals surface area contributed by atoms with Gasteiger partial charge in [-0.25, -0.2) is 9.59 Å². The van der Waals surface area contributed by atoms with Crippen LogP contribution in [0, 0.1) is 34.5 Å². The fourth-order valence-electron chi connectivity index (χ4n) is 9.75. The summed E-state index contributed by atoms with van der Waals surface area (Å²) in [5.41, 5.74) is 2.63. The van der Waals surface area contributed by atoms with E-state index in [-0.39, 0.29) is 0 Å². The van der Waals surface area contributed by atoms with E-state index in [9.17, 15) is 0 Å². The molecule has 1 aromatic heterocycles. The number of hydrogen-bond donors (Lipinski definition) is 2. The molecule has 8 atom stereocenters. The lowest BCUT2D eigenvalue weighted by Crippen LogP contribution is -2.53. The Hall–Kier alpha value is -1.47. The van der Waals surface area contributed by atoms with E-state index in [2.05, 4.69) is 36.6 Å². The number of thioether (sulfide) groups is 1. The maximum Gasteiger partial charge on any atom is 0.414 e. The quantitative estimate of drug-likeness (QED) is 0.395. The van der Waals surface area contributed by atoms with Gasteiger partial charge in [-0.2, -0.15) is 11.8 Å². The Labute approximate surface area is 232 Å². The molecule has 0 bridgehead atoms. The molecule has 38 heavy (non-hydrogen) atoms. The number of likely N-dealkylation sites (tertiary alicyclic amines) is 1. The molecule has 0 amide bonds. The van der Waals surface area contributed by atoms with Crippen LogP contribution >= 0.6 is 11.8 Å². The molecule has 1 saturated heterocycles. The average Bonchev–Trinajstić information content (AvgIpc) is 3.65. The Kier molecular flexibility index (Phi) is 8.54. The Morgan fingerprint density at radius 3 is 2.37 bits per heavy atom. The van der Waals surface area contributed by atoms with E-state index in [1.54, 1.807) is 0 Å². The van der Waals surface area contributed by atoms with Crippen molar-refractivity contribution in [2.24, 2.45) is 34.5 Å². The molecule has 6 nitrogen and oxygen atoms in total. The summed E-state index contributed by atoms with van der Waals surface area (Å²) in [6.07, 6.45) is 20.1. The SMILES string of the molecule is C[C@]12CC[C@H]3[C@@H](CCC4C[C@@H](SCCN5CCCC5)CC[C@@]43C)[C@@H]1CC[C@@H]2c1ccoc1.O=C(O)C(=O)O. The summed E-state index contributed by atoms with van der Waals surface area (Å²) in [5.74, 6) is 2.40. The molecule has 7 heteroatoms. The monoisotopic (exact) mass is 545 g/mol. The van der Waals surface area contributed by atoms with Gasteiger partial charge in [0, 0.05) is 17.5 Å². The van der Waals surface area contributed by atoms with Crippen molar-refractivity contribution < 1.29 is 24.2 Å². The first-order valence-electron chi connectivity index (χ1n) is 15.0. The van der Waals surface area contributed by atoms with Crippen LogP contribution in [-0.2, 0) is 9.59 Å². The van der Waals surface area contributed by atoms with Gasteiger partial charge in [0.05, 0.1) is 12.5 Å². The molecule has 1 aromatic rings. The lowest BCUT2D eigenvalue weighted by atomic mass is 9.44. The predicted molar refractivity (Wildman–Crippen MR) is 150 cm³/mol. The molecule has 1 unspecified atom stereocenters. The number of rotatable bonds is 5. The molecular weight excluding hydrogens is 498 g/mol. The highest BCUT2D eigenvalue weighted by molar-refractivity contribution is 7.99. The second-order valence-electron chi connectivity index (χ2n) is 13.3. The third-order valence-electron chi connectivity index (χ3n) is 11.7. The highest BCUT2D eigenvalue weighted by atomic mass is 32.2. The minimum absolute atomic E-state index is 0.511. The van der Waals surface area contributed by atoms with E-state index in [4.69, 9.17) is 24.2 Å². The topological polar surface area (TPSA) is 91.0 Å². The van der Waals surface area contributed by atoms with Gasteiger partial charge >= 0.3 is 11.9 Å².